The van der Waals surface area contributed by atoms with Crippen LogP contribution in [0.4, 0.5) is 0 Å². The highest BCUT2D eigenvalue weighted by molar-refractivity contribution is 6.31. The van der Waals surface area contributed by atoms with Gasteiger partial charge in [0.1, 0.15) is 0 Å². The van der Waals surface area contributed by atoms with E-state index >= 15 is 0 Å². The van der Waals surface area contributed by atoms with Gasteiger partial charge in [0.15, 0.2) is 0 Å². The third-order valence-electron chi connectivity index (χ3n) is 4.55. The minimum Gasteiger partial charge on any atom is -0.271 e. The molecule has 0 bridgehead atoms. The van der Waals surface area contributed by atoms with E-state index < -0.39 is 0 Å². The van der Waals surface area contributed by atoms with Crippen LogP contribution < -0.4 is 11.3 Å². The molecule has 1 fully saturated rings. The van der Waals surface area contributed by atoms with Gasteiger partial charge in [0.05, 0.1) is 16.4 Å². The summed E-state index contributed by atoms with van der Waals surface area (Å²) < 4.78 is 2.01. The van der Waals surface area contributed by atoms with E-state index in [1.165, 1.54) is 38.5 Å². The van der Waals surface area contributed by atoms with Crippen LogP contribution >= 0.6 is 11.6 Å². The molecule has 0 amide bonds. The van der Waals surface area contributed by atoms with E-state index in [1.807, 2.05) is 11.6 Å². The van der Waals surface area contributed by atoms with E-state index in [0.717, 1.165) is 29.4 Å². The number of aryl methyl sites for hydroxylation is 2. The number of rotatable bonds is 5. The number of hydrazine groups is 1. The van der Waals surface area contributed by atoms with Crippen LogP contribution in [0.2, 0.25) is 5.02 Å². The summed E-state index contributed by atoms with van der Waals surface area (Å²) >= 11 is 6.41. The van der Waals surface area contributed by atoms with Crippen LogP contribution in [0.1, 0.15) is 56.8 Å². The molecule has 1 aromatic heterocycles. The number of hydrogen-bond donors (Lipinski definition) is 2. The molecule has 1 aromatic rings. The van der Waals surface area contributed by atoms with Crippen LogP contribution in [0.15, 0.2) is 0 Å². The molecular weight excluding hydrogens is 272 g/mol. The molecule has 0 saturated heterocycles. The van der Waals surface area contributed by atoms with Gasteiger partial charge in [-0.2, -0.15) is 5.10 Å². The highest BCUT2D eigenvalue weighted by Crippen LogP contribution is 2.29. The number of nitrogens with two attached hydrogens (primary N) is 1. The maximum atomic E-state index is 6.41. The van der Waals surface area contributed by atoms with Gasteiger partial charge in [0, 0.05) is 19.0 Å². The average Bonchev–Trinajstić information content (AvgIpc) is 2.67. The first-order chi connectivity index (χ1) is 9.67. The van der Waals surface area contributed by atoms with Crippen molar-refractivity contribution in [2.45, 2.75) is 71.4 Å². The third-order valence-corrected chi connectivity index (χ3v) is 5.04. The van der Waals surface area contributed by atoms with Gasteiger partial charge in [-0.3, -0.25) is 16.0 Å². The van der Waals surface area contributed by atoms with E-state index in [-0.39, 0.29) is 0 Å². The highest BCUT2D eigenvalue weighted by Gasteiger charge is 2.25. The second-order valence-electron chi connectivity index (χ2n) is 5.89. The molecule has 1 aliphatic rings. The Balaban J connectivity index is 2.13. The Labute approximate surface area is 127 Å². The smallest absolute Gasteiger partial charge is 0.0847 e. The van der Waals surface area contributed by atoms with Gasteiger partial charge in [0.25, 0.3) is 0 Å². The first-order valence-electron chi connectivity index (χ1n) is 7.85. The summed E-state index contributed by atoms with van der Waals surface area (Å²) in [6.07, 6.45) is 8.78. The summed E-state index contributed by atoms with van der Waals surface area (Å²) in [5.41, 5.74) is 5.08. The maximum absolute atomic E-state index is 6.41. The maximum Gasteiger partial charge on any atom is 0.0847 e. The number of nitrogens with one attached hydrogen (secondary N) is 1. The van der Waals surface area contributed by atoms with Crippen LogP contribution in [0.5, 0.6) is 0 Å². The van der Waals surface area contributed by atoms with Crippen LogP contribution in [0.3, 0.4) is 0 Å². The Morgan fingerprint density at radius 3 is 2.55 bits per heavy atom. The molecule has 0 aromatic carbocycles. The first kappa shape index (κ1) is 15.8. The summed E-state index contributed by atoms with van der Waals surface area (Å²) in [5.74, 6) is 6.48. The quantitative estimate of drug-likeness (QED) is 0.498. The Morgan fingerprint density at radius 2 is 2.00 bits per heavy atom. The Hall–Kier alpha value is -0.580. The van der Waals surface area contributed by atoms with Crippen molar-refractivity contribution in [1.82, 2.24) is 15.2 Å². The second kappa shape index (κ2) is 7.43. The predicted molar refractivity (Wildman–Crippen MR) is 83.7 cm³/mol. The number of halogens is 1. The number of aromatic nitrogens is 2. The molecular formula is C15H27ClN4. The summed E-state index contributed by atoms with van der Waals surface area (Å²) in [4.78, 5) is 0. The molecule has 5 heteroatoms. The summed E-state index contributed by atoms with van der Waals surface area (Å²) in [6.45, 7) is 4.92. The Morgan fingerprint density at radius 1 is 1.35 bits per heavy atom. The molecule has 4 nitrogen and oxygen atoms in total. The SMILES string of the molecule is CCn1nc(C)c(Cl)c1CC(NN)C1CCCCCC1. The normalized spacial score (nSPS) is 19.0. The van der Waals surface area contributed by atoms with Gasteiger partial charge in [-0.05, 0) is 32.6 Å². The van der Waals surface area contributed by atoms with E-state index in [0.29, 0.717) is 12.0 Å². The molecule has 114 valence electrons. The lowest BCUT2D eigenvalue weighted by atomic mass is 9.89. The van der Waals surface area contributed by atoms with E-state index in [4.69, 9.17) is 17.4 Å². The van der Waals surface area contributed by atoms with Crippen molar-refractivity contribution < 1.29 is 0 Å². The first-order valence-corrected chi connectivity index (χ1v) is 8.23. The van der Waals surface area contributed by atoms with Crippen molar-refractivity contribution in [3.05, 3.63) is 16.4 Å². The Kier molecular flexibility index (Phi) is 5.87. The zero-order valence-electron chi connectivity index (χ0n) is 12.7. The van der Waals surface area contributed by atoms with Crippen molar-refractivity contribution >= 4 is 11.6 Å². The van der Waals surface area contributed by atoms with Gasteiger partial charge < -0.3 is 0 Å². The molecule has 1 unspecified atom stereocenters. The Bertz CT molecular complexity index is 422. The largest absolute Gasteiger partial charge is 0.271 e. The lowest BCUT2D eigenvalue weighted by molar-refractivity contribution is 0.315. The van der Waals surface area contributed by atoms with Gasteiger partial charge in [-0.1, -0.05) is 37.3 Å². The summed E-state index contributed by atoms with van der Waals surface area (Å²) in [7, 11) is 0. The van der Waals surface area contributed by atoms with E-state index in [9.17, 15) is 0 Å². The van der Waals surface area contributed by atoms with Gasteiger partial charge in [-0.25, -0.2) is 0 Å². The lowest BCUT2D eigenvalue weighted by Gasteiger charge is -2.25. The van der Waals surface area contributed by atoms with Gasteiger partial charge in [-0.15, -0.1) is 0 Å². The molecule has 1 atom stereocenters. The molecule has 0 radical (unpaired) electrons. The van der Waals surface area contributed by atoms with Crippen molar-refractivity contribution in [2.75, 3.05) is 0 Å². The molecule has 1 heterocycles. The summed E-state index contributed by atoms with van der Waals surface area (Å²) in [5, 5.41) is 5.30. The van der Waals surface area contributed by atoms with Crippen LogP contribution in [0, 0.1) is 12.8 Å². The molecule has 1 aliphatic carbocycles. The highest BCUT2D eigenvalue weighted by atomic mass is 35.5. The fourth-order valence-electron chi connectivity index (χ4n) is 3.35. The van der Waals surface area contributed by atoms with Crippen LogP contribution in [-0.4, -0.2) is 15.8 Å². The molecule has 0 spiro atoms. The van der Waals surface area contributed by atoms with Crippen molar-refractivity contribution in [3.8, 4) is 0 Å². The monoisotopic (exact) mass is 298 g/mol. The predicted octanol–water partition coefficient (Wildman–Crippen LogP) is 3.21. The fourth-order valence-corrected chi connectivity index (χ4v) is 3.56. The zero-order chi connectivity index (χ0) is 14.5. The number of nitrogens with zero attached hydrogens (tertiary/aromatic N) is 2. The molecule has 2 rings (SSSR count). The van der Waals surface area contributed by atoms with Crippen LogP contribution in [0.25, 0.3) is 0 Å². The third kappa shape index (κ3) is 3.54. The van der Waals surface area contributed by atoms with Gasteiger partial charge >= 0.3 is 0 Å². The van der Waals surface area contributed by atoms with E-state index in [1.54, 1.807) is 0 Å². The van der Waals surface area contributed by atoms with Crippen LogP contribution in [-0.2, 0) is 13.0 Å². The average molecular weight is 299 g/mol. The topological polar surface area (TPSA) is 55.9 Å². The molecule has 3 N–H and O–H groups in total. The second-order valence-corrected chi connectivity index (χ2v) is 6.27. The van der Waals surface area contributed by atoms with Crippen molar-refractivity contribution in [3.63, 3.8) is 0 Å². The molecule has 20 heavy (non-hydrogen) atoms. The summed E-state index contributed by atoms with van der Waals surface area (Å²) in [6, 6.07) is 0.298. The van der Waals surface area contributed by atoms with Crippen molar-refractivity contribution in [1.29, 1.82) is 0 Å². The fraction of sp³-hybridized carbons (Fsp3) is 0.800. The number of hydrogen-bond acceptors (Lipinski definition) is 3. The van der Waals surface area contributed by atoms with Gasteiger partial charge in [0.2, 0.25) is 0 Å². The lowest BCUT2D eigenvalue weighted by Crippen LogP contribution is -2.42. The molecule has 0 aliphatic heterocycles. The minimum atomic E-state index is 0.298. The molecule has 1 saturated carbocycles. The standard InChI is InChI=1S/C15H27ClN4/c1-3-20-14(15(16)11(2)19-20)10-13(18-17)12-8-6-4-5-7-9-12/h12-13,18H,3-10,17H2,1-2H3. The van der Waals surface area contributed by atoms with E-state index in [2.05, 4.69) is 17.4 Å². The zero-order valence-corrected chi connectivity index (χ0v) is 13.4. The van der Waals surface area contributed by atoms with Crippen molar-refractivity contribution in [2.24, 2.45) is 11.8 Å². The minimum absolute atomic E-state index is 0.298.